The summed E-state index contributed by atoms with van der Waals surface area (Å²) in [6, 6.07) is 37.7. The molecule has 0 saturated heterocycles. The molecular weight excluding hydrogens is 727 g/mol. The van der Waals surface area contributed by atoms with Gasteiger partial charge in [0.25, 0.3) is 0 Å². The van der Waals surface area contributed by atoms with Crippen LogP contribution in [-0.4, -0.2) is 39.2 Å². The summed E-state index contributed by atoms with van der Waals surface area (Å²) in [5, 5.41) is 2.20. The number of aromatic nitrogens is 1. The maximum atomic E-state index is 13.3. The Morgan fingerprint density at radius 2 is 1.45 bits per heavy atom. The molecule has 0 aliphatic heterocycles. The molecule has 0 aliphatic rings. The molecule has 0 spiro atoms. The summed E-state index contributed by atoms with van der Waals surface area (Å²) in [4.78, 5) is 11.9. The minimum Gasteiger partial charge on any atom is -0.493 e. The van der Waals surface area contributed by atoms with E-state index in [2.05, 4.69) is 33.6 Å². The molecule has 6 aromatic rings. The monoisotopic (exact) mass is 760 g/mol. The Morgan fingerprint density at radius 3 is 2.08 bits per heavy atom. The van der Waals surface area contributed by atoms with Crippen LogP contribution in [0.5, 0.6) is 5.75 Å². The van der Waals surface area contributed by atoms with Gasteiger partial charge in [0, 0.05) is 41.0 Å². The van der Waals surface area contributed by atoms with Gasteiger partial charge in [0.05, 0.1) is 41.1 Å². The highest BCUT2D eigenvalue weighted by Gasteiger charge is 2.26. The summed E-state index contributed by atoms with van der Waals surface area (Å²) in [5.41, 5.74) is 6.02. The fourth-order valence-corrected chi connectivity index (χ4v) is 7.94. The zero-order valence-electron chi connectivity index (χ0n) is 27.7. The third-order valence-corrected chi connectivity index (χ3v) is 10.9. The molecule has 1 heterocycles. The molecule has 0 saturated carbocycles. The zero-order valence-corrected chi connectivity index (χ0v) is 30.8. The highest BCUT2D eigenvalue weighted by molar-refractivity contribution is 7.88. The molecule has 7 nitrogen and oxygen atoms in total. The zero-order chi connectivity index (χ0) is 36.0. The Morgan fingerprint density at radius 1 is 0.784 bits per heavy atom. The number of methoxy groups -OCH3 is 1. The third kappa shape index (κ3) is 8.78. The molecule has 0 fully saturated rings. The number of hydrogen-bond donors (Lipinski definition) is 1. The van der Waals surface area contributed by atoms with Crippen LogP contribution in [-0.2, 0) is 33.4 Å². The first kappa shape index (κ1) is 36.5. The number of hydrogen-bond acceptors (Lipinski definition) is 5. The van der Waals surface area contributed by atoms with Crippen LogP contribution in [0.25, 0.3) is 10.9 Å². The van der Waals surface area contributed by atoms with Gasteiger partial charge in [-0.25, -0.2) is 17.9 Å². The minimum atomic E-state index is -3.73. The van der Waals surface area contributed by atoms with Crippen molar-refractivity contribution in [3.05, 3.63) is 170 Å². The first-order chi connectivity index (χ1) is 24.6. The second kappa shape index (κ2) is 16.4. The predicted molar refractivity (Wildman–Crippen MR) is 205 cm³/mol. The number of rotatable bonds is 14. The van der Waals surface area contributed by atoms with E-state index in [1.54, 1.807) is 42.5 Å². The first-order valence-electron chi connectivity index (χ1n) is 16.3. The number of nitrogens with zero attached hydrogens (tertiary/aromatic N) is 1. The number of carbonyl (C=O) groups is 1. The lowest BCUT2D eigenvalue weighted by molar-refractivity contribution is 0.0600. The van der Waals surface area contributed by atoms with Crippen molar-refractivity contribution in [2.45, 2.75) is 24.6 Å². The van der Waals surface area contributed by atoms with Crippen molar-refractivity contribution in [3.63, 3.8) is 0 Å². The molecule has 1 aromatic heterocycles. The van der Waals surface area contributed by atoms with Crippen molar-refractivity contribution >= 4 is 61.7 Å². The van der Waals surface area contributed by atoms with Crippen LogP contribution in [0.15, 0.2) is 121 Å². The molecule has 51 heavy (non-hydrogen) atoms. The molecule has 0 aliphatic carbocycles. The number of fused-ring (bicyclic) bond motifs is 1. The Labute approximate surface area is 312 Å². The van der Waals surface area contributed by atoms with Crippen LogP contribution in [0, 0.1) is 0 Å². The van der Waals surface area contributed by atoms with Crippen LogP contribution >= 0.6 is 34.8 Å². The fraction of sp³-hybridized carbons (Fsp3) is 0.175. The average Bonchev–Trinajstić information content (AvgIpc) is 3.42. The van der Waals surface area contributed by atoms with Gasteiger partial charge in [0.15, 0.2) is 0 Å². The van der Waals surface area contributed by atoms with Crippen LogP contribution < -0.4 is 9.46 Å². The minimum absolute atomic E-state index is 0.146. The Kier molecular flexibility index (Phi) is 11.7. The molecule has 262 valence electrons. The van der Waals surface area contributed by atoms with E-state index in [4.69, 9.17) is 44.3 Å². The maximum Gasteiger partial charge on any atom is 0.337 e. The van der Waals surface area contributed by atoms with Crippen molar-refractivity contribution in [2.24, 2.45) is 0 Å². The Hall–Kier alpha value is -4.31. The van der Waals surface area contributed by atoms with Gasteiger partial charge < -0.3 is 14.0 Å². The van der Waals surface area contributed by atoms with E-state index in [1.807, 2.05) is 54.6 Å². The van der Waals surface area contributed by atoms with E-state index in [9.17, 15) is 13.2 Å². The van der Waals surface area contributed by atoms with E-state index >= 15 is 0 Å². The summed E-state index contributed by atoms with van der Waals surface area (Å²) >= 11 is 18.8. The molecule has 5 aromatic carbocycles. The third-order valence-electron chi connectivity index (χ3n) is 8.59. The lowest BCUT2D eigenvalue weighted by Gasteiger charge is -2.25. The van der Waals surface area contributed by atoms with Crippen molar-refractivity contribution in [2.75, 3.05) is 20.3 Å². The van der Waals surface area contributed by atoms with E-state index in [-0.39, 0.29) is 18.3 Å². The van der Waals surface area contributed by atoms with Gasteiger partial charge in [0.2, 0.25) is 10.0 Å². The number of nitrogens with one attached hydrogen (secondary N) is 1. The number of benzene rings is 5. The highest BCUT2D eigenvalue weighted by Crippen LogP contribution is 2.38. The van der Waals surface area contributed by atoms with E-state index in [0.717, 1.165) is 33.3 Å². The standard InChI is InChI=1S/C40H35Cl3N2O5S/c1-49-40(46)30-13-16-32(17-14-30)50-23-21-33-34-25-31(41)15-19-37(34)45(39(28-8-4-2-5-9-28)29-10-6-3-7-11-29)38(33)20-22-44-51(47,48)26-27-12-18-35(42)36(43)24-27/h2-19,24-25,39,44H,20-23,26H2,1H3. The first-order valence-corrected chi connectivity index (χ1v) is 19.1. The second-order valence-electron chi connectivity index (χ2n) is 11.9. The quantitative estimate of drug-likeness (QED) is 0.112. The summed E-state index contributed by atoms with van der Waals surface area (Å²) < 4.78 is 42.7. The Bertz CT molecular complexity index is 2200. The molecule has 11 heteroatoms. The normalized spacial score (nSPS) is 11.6. The highest BCUT2D eigenvalue weighted by atomic mass is 35.5. The summed E-state index contributed by atoms with van der Waals surface area (Å²) in [6.45, 7) is 0.466. The van der Waals surface area contributed by atoms with Crippen molar-refractivity contribution < 1.29 is 22.7 Å². The molecule has 0 unspecified atom stereocenters. The van der Waals surface area contributed by atoms with E-state index in [1.165, 1.54) is 7.11 Å². The lowest BCUT2D eigenvalue weighted by atomic mass is 9.97. The predicted octanol–water partition coefficient (Wildman–Crippen LogP) is 9.31. The van der Waals surface area contributed by atoms with Crippen molar-refractivity contribution in [1.82, 2.24) is 9.29 Å². The maximum absolute atomic E-state index is 13.3. The number of halogens is 3. The van der Waals surface area contributed by atoms with Gasteiger partial charge in [0.1, 0.15) is 5.75 Å². The van der Waals surface area contributed by atoms with Gasteiger partial charge in [-0.2, -0.15) is 0 Å². The molecule has 6 rings (SSSR count). The lowest BCUT2D eigenvalue weighted by Crippen LogP contribution is -2.28. The van der Waals surface area contributed by atoms with Crippen LogP contribution in [0.2, 0.25) is 15.1 Å². The number of ether oxygens (including phenoxy) is 2. The largest absolute Gasteiger partial charge is 0.493 e. The van der Waals surface area contributed by atoms with Gasteiger partial charge in [-0.1, -0.05) is 102 Å². The van der Waals surface area contributed by atoms with Gasteiger partial charge >= 0.3 is 5.97 Å². The molecular formula is C40H35Cl3N2O5S. The van der Waals surface area contributed by atoms with Gasteiger partial charge in [-0.3, -0.25) is 0 Å². The smallest absolute Gasteiger partial charge is 0.337 e. The second-order valence-corrected chi connectivity index (χ2v) is 15.0. The number of sulfonamides is 1. The SMILES string of the molecule is COC(=O)c1ccc(OCCc2c(CCNS(=O)(=O)Cc3ccc(Cl)c(Cl)c3)n(C(c3ccccc3)c3ccccc3)c3ccc(Cl)cc23)cc1. The van der Waals surface area contributed by atoms with E-state index < -0.39 is 16.0 Å². The molecule has 1 N–H and O–H groups in total. The number of esters is 1. The Balaban J connectivity index is 1.38. The van der Waals surface area contributed by atoms with Crippen molar-refractivity contribution in [1.29, 1.82) is 0 Å². The van der Waals surface area contributed by atoms with Crippen LogP contribution in [0.4, 0.5) is 0 Å². The molecule has 0 bridgehead atoms. The molecule has 0 radical (unpaired) electrons. The molecule has 0 atom stereocenters. The summed E-state index contributed by atoms with van der Waals surface area (Å²) in [5.74, 6) is -0.0587. The topological polar surface area (TPSA) is 86.6 Å². The fourth-order valence-electron chi connectivity index (χ4n) is 6.31. The summed E-state index contributed by atoms with van der Waals surface area (Å²) in [6.07, 6.45) is 0.885. The van der Waals surface area contributed by atoms with Gasteiger partial charge in [-0.05, 0) is 76.9 Å². The average molecular weight is 762 g/mol. The van der Waals surface area contributed by atoms with Crippen LogP contribution in [0.1, 0.15) is 44.3 Å². The summed E-state index contributed by atoms with van der Waals surface area (Å²) in [7, 11) is -2.38. The van der Waals surface area contributed by atoms with E-state index in [0.29, 0.717) is 51.4 Å². The van der Waals surface area contributed by atoms with Crippen LogP contribution in [0.3, 0.4) is 0 Å². The number of carbonyl (C=O) groups excluding carboxylic acids is 1. The molecule has 0 amide bonds. The van der Waals surface area contributed by atoms with Gasteiger partial charge in [-0.15, -0.1) is 0 Å². The van der Waals surface area contributed by atoms with Crippen molar-refractivity contribution in [3.8, 4) is 5.75 Å².